The van der Waals surface area contributed by atoms with Gasteiger partial charge in [-0.3, -0.25) is 4.98 Å². The molecule has 1 fully saturated rings. The van der Waals surface area contributed by atoms with Gasteiger partial charge in [0.2, 0.25) is 0 Å². The van der Waals surface area contributed by atoms with Gasteiger partial charge in [0, 0.05) is 24.9 Å². The molecule has 21 heavy (non-hydrogen) atoms. The third kappa shape index (κ3) is 1.84. The molecular weight excluding hydrogens is 268 g/mol. The molecule has 4 heterocycles. The Bertz CT molecular complexity index is 789. The van der Waals surface area contributed by atoms with E-state index >= 15 is 0 Å². The number of pyridine rings is 2. The molecule has 0 aromatic carbocycles. The van der Waals surface area contributed by atoms with Crippen molar-refractivity contribution in [2.45, 2.75) is 5.60 Å². The van der Waals surface area contributed by atoms with E-state index in [1.807, 2.05) is 28.9 Å². The second-order valence-corrected chi connectivity index (χ2v) is 5.06. The van der Waals surface area contributed by atoms with E-state index < -0.39 is 5.60 Å². The summed E-state index contributed by atoms with van der Waals surface area (Å²) in [6, 6.07) is 7.78. The van der Waals surface area contributed by atoms with Crippen LogP contribution in [0.3, 0.4) is 0 Å². The monoisotopic (exact) mass is 282 g/mol. The lowest BCUT2D eigenvalue weighted by atomic mass is 9.97. The fourth-order valence-corrected chi connectivity index (χ4v) is 2.51. The molecule has 0 saturated carbocycles. The summed E-state index contributed by atoms with van der Waals surface area (Å²) in [5, 5.41) is 5.38. The van der Waals surface area contributed by atoms with Crippen molar-refractivity contribution >= 4 is 10.9 Å². The van der Waals surface area contributed by atoms with E-state index in [0.717, 1.165) is 22.4 Å². The van der Waals surface area contributed by atoms with Crippen molar-refractivity contribution in [1.29, 1.82) is 0 Å². The Morgan fingerprint density at radius 3 is 2.90 bits per heavy atom. The number of hydrogen-bond donors (Lipinski definition) is 0. The Kier molecular flexibility index (Phi) is 2.73. The Labute approximate surface area is 121 Å². The van der Waals surface area contributed by atoms with Gasteiger partial charge in [-0.05, 0) is 18.2 Å². The maximum absolute atomic E-state index is 5.59. The van der Waals surface area contributed by atoms with E-state index in [9.17, 15) is 0 Å². The van der Waals surface area contributed by atoms with Gasteiger partial charge < -0.3 is 9.47 Å². The van der Waals surface area contributed by atoms with Crippen LogP contribution in [0.5, 0.6) is 0 Å². The molecule has 3 aromatic rings. The van der Waals surface area contributed by atoms with Gasteiger partial charge in [-0.25, -0.2) is 9.67 Å². The minimum absolute atomic E-state index is 0.430. The molecule has 0 amide bonds. The van der Waals surface area contributed by atoms with Gasteiger partial charge in [-0.2, -0.15) is 5.10 Å². The molecule has 0 aliphatic carbocycles. The highest BCUT2D eigenvalue weighted by Gasteiger charge is 2.42. The Balaban J connectivity index is 1.83. The van der Waals surface area contributed by atoms with E-state index in [4.69, 9.17) is 14.5 Å². The molecular formula is C15H14N4O2. The van der Waals surface area contributed by atoms with Gasteiger partial charge in [-0.15, -0.1) is 0 Å². The summed E-state index contributed by atoms with van der Waals surface area (Å²) in [6.07, 6.45) is 5.33. The lowest BCUT2D eigenvalue weighted by molar-refractivity contribution is -0.204. The quantitative estimate of drug-likeness (QED) is 0.731. The van der Waals surface area contributed by atoms with Gasteiger partial charge in [0.1, 0.15) is 0 Å². The molecule has 1 aliphatic heterocycles. The first-order valence-electron chi connectivity index (χ1n) is 6.71. The Hall–Kier alpha value is -2.31. The van der Waals surface area contributed by atoms with Crippen LogP contribution >= 0.6 is 0 Å². The topological polar surface area (TPSA) is 62.1 Å². The van der Waals surface area contributed by atoms with Crippen LogP contribution in [0, 0.1) is 0 Å². The maximum Gasteiger partial charge on any atom is 0.156 e. The third-order valence-electron chi connectivity index (χ3n) is 3.85. The van der Waals surface area contributed by atoms with Crippen molar-refractivity contribution in [1.82, 2.24) is 19.7 Å². The first kappa shape index (κ1) is 12.4. The van der Waals surface area contributed by atoms with E-state index in [1.165, 1.54) is 0 Å². The number of rotatable bonds is 3. The second-order valence-electron chi connectivity index (χ2n) is 5.06. The lowest BCUT2D eigenvalue weighted by Crippen LogP contribution is -2.49. The lowest BCUT2D eigenvalue weighted by Gasteiger charge is -2.39. The molecule has 1 saturated heterocycles. The number of aromatic nitrogens is 4. The summed E-state index contributed by atoms with van der Waals surface area (Å²) in [4.78, 5) is 8.81. The summed E-state index contributed by atoms with van der Waals surface area (Å²) in [5.41, 5.74) is 1.41. The molecule has 0 atom stereocenters. The van der Waals surface area contributed by atoms with Crippen molar-refractivity contribution in [2.75, 3.05) is 20.3 Å². The van der Waals surface area contributed by atoms with Crippen molar-refractivity contribution in [3.63, 3.8) is 0 Å². The molecule has 0 unspecified atom stereocenters. The van der Waals surface area contributed by atoms with Crippen LogP contribution < -0.4 is 0 Å². The number of ether oxygens (including phenoxy) is 2. The van der Waals surface area contributed by atoms with Crippen LogP contribution in [-0.2, 0) is 15.1 Å². The molecule has 106 valence electrons. The van der Waals surface area contributed by atoms with E-state index in [0.29, 0.717) is 13.2 Å². The SMILES string of the molecule is COC1(c2cccc(-n3ncc4cnccc43)n2)COC1. The van der Waals surface area contributed by atoms with Crippen LogP contribution in [0.4, 0.5) is 0 Å². The largest absolute Gasteiger partial charge is 0.374 e. The van der Waals surface area contributed by atoms with E-state index in [2.05, 4.69) is 10.1 Å². The maximum atomic E-state index is 5.59. The summed E-state index contributed by atoms with van der Waals surface area (Å²) in [6.45, 7) is 1.06. The standard InChI is InChI=1S/C15H14N4O2/c1-20-15(9-21-10-15)13-3-2-4-14(18-13)19-12-5-6-16-7-11(12)8-17-19/h2-8H,9-10H2,1H3. The number of fused-ring (bicyclic) bond motifs is 1. The van der Waals surface area contributed by atoms with Crippen LogP contribution in [0.2, 0.25) is 0 Å². The molecule has 3 aromatic heterocycles. The Morgan fingerprint density at radius 2 is 2.14 bits per heavy atom. The smallest absolute Gasteiger partial charge is 0.156 e. The van der Waals surface area contributed by atoms with Crippen LogP contribution in [0.25, 0.3) is 16.7 Å². The van der Waals surface area contributed by atoms with Crippen molar-refractivity contribution < 1.29 is 9.47 Å². The molecule has 1 aliphatic rings. The summed E-state index contributed by atoms with van der Waals surface area (Å²) in [5.74, 6) is 0.761. The van der Waals surface area contributed by atoms with Gasteiger partial charge in [0.05, 0.1) is 30.6 Å². The highest BCUT2D eigenvalue weighted by molar-refractivity contribution is 5.78. The molecule has 0 N–H and O–H groups in total. The molecule has 0 radical (unpaired) electrons. The van der Waals surface area contributed by atoms with Gasteiger partial charge in [0.25, 0.3) is 0 Å². The molecule has 6 heteroatoms. The predicted octanol–water partition coefficient (Wildman–Crippen LogP) is 1.69. The normalized spacial score (nSPS) is 16.8. The van der Waals surface area contributed by atoms with E-state index in [1.54, 1.807) is 25.7 Å². The zero-order valence-corrected chi connectivity index (χ0v) is 11.6. The minimum atomic E-state index is -0.430. The fraction of sp³-hybridized carbons (Fsp3) is 0.267. The average Bonchev–Trinajstić information content (AvgIpc) is 2.91. The first-order chi connectivity index (χ1) is 10.3. The van der Waals surface area contributed by atoms with Gasteiger partial charge >= 0.3 is 0 Å². The summed E-state index contributed by atoms with van der Waals surface area (Å²) >= 11 is 0. The van der Waals surface area contributed by atoms with Crippen LogP contribution in [-0.4, -0.2) is 40.1 Å². The van der Waals surface area contributed by atoms with Crippen LogP contribution in [0.1, 0.15) is 5.69 Å². The predicted molar refractivity (Wildman–Crippen MR) is 76.2 cm³/mol. The highest BCUT2D eigenvalue weighted by Crippen LogP contribution is 2.32. The third-order valence-corrected chi connectivity index (χ3v) is 3.85. The van der Waals surface area contributed by atoms with Crippen molar-refractivity contribution in [3.05, 3.63) is 48.5 Å². The fourth-order valence-electron chi connectivity index (χ4n) is 2.51. The molecule has 0 bridgehead atoms. The number of methoxy groups -OCH3 is 1. The minimum Gasteiger partial charge on any atom is -0.374 e. The Morgan fingerprint density at radius 1 is 1.24 bits per heavy atom. The molecule has 6 nitrogen and oxygen atoms in total. The van der Waals surface area contributed by atoms with Crippen molar-refractivity contribution in [2.24, 2.45) is 0 Å². The summed E-state index contributed by atoms with van der Waals surface area (Å²) < 4.78 is 12.7. The highest BCUT2D eigenvalue weighted by atomic mass is 16.6. The van der Waals surface area contributed by atoms with Crippen LogP contribution in [0.15, 0.2) is 42.9 Å². The van der Waals surface area contributed by atoms with E-state index in [-0.39, 0.29) is 0 Å². The zero-order valence-electron chi connectivity index (χ0n) is 11.6. The first-order valence-corrected chi connectivity index (χ1v) is 6.71. The molecule has 4 rings (SSSR count). The summed E-state index contributed by atoms with van der Waals surface area (Å²) in [7, 11) is 1.69. The number of nitrogens with zero attached hydrogens (tertiary/aromatic N) is 4. The van der Waals surface area contributed by atoms with Gasteiger partial charge in [0.15, 0.2) is 11.4 Å². The second kappa shape index (κ2) is 4.61. The number of hydrogen-bond acceptors (Lipinski definition) is 5. The zero-order chi connectivity index (χ0) is 14.3. The average molecular weight is 282 g/mol. The van der Waals surface area contributed by atoms with Gasteiger partial charge in [-0.1, -0.05) is 6.07 Å². The molecule has 0 spiro atoms. The van der Waals surface area contributed by atoms with Crippen molar-refractivity contribution in [3.8, 4) is 5.82 Å².